The predicted octanol–water partition coefficient (Wildman–Crippen LogP) is 2.01. The summed E-state index contributed by atoms with van der Waals surface area (Å²) in [6.45, 7) is 0.893. The molecule has 2 aromatic rings. The van der Waals surface area contributed by atoms with Gasteiger partial charge in [-0.25, -0.2) is 4.98 Å². The Labute approximate surface area is 113 Å². The van der Waals surface area contributed by atoms with Gasteiger partial charge in [0.15, 0.2) is 0 Å². The highest BCUT2D eigenvalue weighted by Crippen LogP contribution is 2.19. The zero-order valence-electron chi connectivity index (χ0n) is 11.4. The highest BCUT2D eigenvalue weighted by molar-refractivity contribution is 5.75. The van der Waals surface area contributed by atoms with Crippen LogP contribution in [0.3, 0.4) is 0 Å². The number of para-hydroxylation sites is 2. The van der Waals surface area contributed by atoms with Gasteiger partial charge >= 0.3 is 0 Å². The molecule has 2 unspecified atom stereocenters. The fourth-order valence-electron chi connectivity index (χ4n) is 2.86. The molecule has 1 aliphatic rings. The van der Waals surface area contributed by atoms with Crippen LogP contribution in [-0.4, -0.2) is 28.3 Å². The first kappa shape index (κ1) is 12.6. The lowest BCUT2D eigenvalue weighted by Gasteiger charge is -2.15. The molecule has 0 radical (unpaired) electrons. The molecule has 1 aromatic heterocycles. The summed E-state index contributed by atoms with van der Waals surface area (Å²) in [5.41, 5.74) is 8.46. The summed E-state index contributed by atoms with van der Waals surface area (Å²) in [6.07, 6.45) is 4.42. The molecule has 0 spiro atoms. The molecule has 0 bridgehead atoms. The van der Waals surface area contributed by atoms with Crippen LogP contribution in [0.4, 0.5) is 0 Å². The van der Waals surface area contributed by atoms with E-state index in [9.17, 15) is 0 Å². The van der Waals surface area contributed by atoms with E-state index in [1.165, 1.54) is 11.9 Å². The molecule has 1 aromatic carbocycles. The summed E-state index contributed by atoms with van der Waals surface area (Å²) in [7, 11) is 2.06. The Balaban J connectivity index is 1.71. The molecule has 1 aliphatic heterocycles. The maximum Gasteiger partial charge on any atom is 0.111 e. The van der Waals surface area contributed by atoms with Crippen LogP contribution in [0.1, 0.15) is 25.1 Å². The number of aryl methyl sites for hydroxylation is 1. The third-order valence-electron chi connectivity index (χ3n) is 3.91. The lowest BCUT2D eigenvalue weighted by Crippen LogP contribution is -2.29. The smallest absolute Gasteiger partial charge is 0.111 e. The summed E-state index contributed by atoms with van der Waals surface area (Å²) in [5.74, 6) is 1.06. The van der Waals surface area contributed by atoms with Crippen LogP contribution in [0.25, 0.3) is 11.0 Å². The van der Waals surface area contributed by atoms with Crippen LogP contribution in [-0.2, 0) is 18.2 Å². The van der Waals surface area contributed by atoms with Crippen LogP contribution >= 0.6 is 0 Å². The molecule has 102 valence electrons. The quantitative estimate of drug-likeness (QED) is 0.914. The highest BCUT2D eigenvalue weighted by atomic mass is 16.5. The third kappa shape index (κ3) is 2.65. The number of imidazole rings is 1. The summed E-state index contributed by atoms with van der Waals surface area (Å²) in [5, 5.41) is 0. The Morgan fingerprint density at radius 1 is 1.47 bits per heavy atom. The number of ether oxygens (including phenoxy) is 1. The first-order valence-corrected chi connectivity index (χ1v) is 7.01. The van der Waals surface area contributed by atoms with Crippen molar-refractivity contribution in [2.75, 3.05) is 6.61 Å². The van der Waals surface area contributed by atoms with Crippen LogP contribution in [0.5, 0.6) is 0 Å². The number of hydrogen-bond donors (Lipinski definition) is 1. The SMILES string of the molecule is Cn1c(CC(N)CC2CCCO2)nc2ccccc21. The second kappa shape index (κ2) is 5.31. The van der Waals surface area contributed by atoms with Crippen LogP contribution in [0.15, 0.2) is 24.3 Å². The zero-order valence-corrected chi connectivity index (χ0v) is 11.4. The van der Waals surface area contributed by atoms with Crippen molar-refractivity contribution in [3.05, 3.63) is 30.1 Å². The van der Waals surface area contributed by atoms with E-state index in [1.807, 2.05) is 18.2 Å². The lowest BCUT2D eigenvalue weighted by molar-refractivity contribution is 0.0981. The molecule has 1 fully saturated rings. The van der Waals surface area contributed by atoms with Crippen molar-refractivity contribution in [1.82, 2.24) is 9.55 Å². The minimum atomic E-state index is 0.124. The van der Waals surface area contributed by atoms with Gasteiger partial charge in [-0.3, -0.25) is 0 Å². The van der Waals surface area contributed by atoms with Crippen molar-refractivity contribution < 1.29 is 4.74 Å². The Morgan fingerprint density at radius 2 is 2.32 bits per heavy atom. The number of hydrogen-bond acceptors (Lipinski definition) is 3. The minimum absolute atomic E-state index is 0.124. The second-order valence-electron chi connectivity index (χ2n) is 5.41. The number of benzene rings is 1. The Morgan fingerprint density at radius 3 is 3.05 bits per heavy atom. The lowest BCUT2D eigenvalue weighted by atomic mass is 10.0. The molecule has 2 heterocycles. The van der Waals surface area contributed by atoms with Gasteiger partial charge in [-0.05, 0) is 31.4 Å². The molecule has 4 heteroatoms. The fraction of sp³-hybridized carbons (Fsp3) is 0.533. The van der Waals surface area contributed by atoms with Gasteiger partial charge in [-0.15, -0.1) is 0 Å². The van der Waals surface area contributed by atoms with Crippen LogP contribution in [0.2, 0.25) is 0 Å². The number of aromatic nitrogens is 2. The van der Waals surface area contributed by atoms with E-state index in [1.54, 1.807) is 0 Å². The van der Waals surface area contributed by atoms with Crippen molar-refractivity contribution in [2.24, 2.45) is 12.8 Å². The predicted molar refractivity (Wildman–Crippen MR) is 76.0 cm³/mol. The Hall–Kier alpha value is -1.39. The molecule has 2 atom stereocenters. The highest BCUT2D eigenvalue weighted by Gasteiger charge is 2.20. The fourth-order valence-corrected chi connectivity index (χ4v) is 2.86. The first-order valence-electron chi connectivity index (χ1n) is 7.01. The average molecular weight is 259 g/mol. The maximum absolute atomic E-state index is 6.24. The molecule has 19 heavy (non-hydrogen) atoms. The van der Waals surface area contributed by atoms with Crippen molar-refractivity contribution in [2.45, 2.75) is 37.8 Å². The molecule has 4 nitrogen and oxygen atoms in total. The van der Waals surface area contributed by atoms with E-state index in [-0.39, 0.29) is 6.04 Å². The Kier molecular flexibility index (Phi) is 3.53. The van der Waals surface area contributed by atoms with Gasteiger partial charge in [-0.1, -0.05) is 12.1 Å². The number of nitrogens with two attached hydrogens (primary N) is 1. The van der Waals surface area contributed by atoms with Crippen LogP contribution in [0, 0.1) is 0 Å². The molecular weight excluding hydrogens is 238 g/mol. The average Bonchev–Trinajstić information content (AvgIpc) is 3.00. The van der Waals surface area contributed by atoms with Crippen molar-refractivity contribution in [1.29, 1.82) is 0 Å². The standard InChI is InChI=1S/C15H21N3O/c1-18-14-7-3-2-6-13(14)17-15(18)10-11(16)9-12-5-4-8-19-12/h2-3,6-7,11-12H,4-5,8-10,16H2,1H3. The molecule has 2 N–H and O–H groups in total. The zero-order chi connectivity index (χ0) is 13.2. The summed E-state index contributed by atoms with van der Waals surface area (Å²) in [6, 6.07) is 8.33. The molecule has 3 rings (SSSR count). The summed E-state index contributed by atoms with van der Waals surface area (Å²) < 4.78 is 7.79. The third-order valence-corrected chi connectivity index (χ3v) is 3.91. The number of rotatable bonds is 4. The van der Waals surface area contributed by atoms with Gasteiger partial charge in [0, 0.05) is 26.1 Å². The van der Waals surface area contributed by atoms with E-state index in [4.69, 9.17) is 10.5 Å². The molecule has 0 aliphatic carbocycles. The molecule has 0 amide bonds. The van der Waals surface area contributed by atoms with E-state index < -0.39 is 0 Å². The van der Waals surface area contributed by atoms with Gasteiger partial charge in [0.2, 0.25) is 0 Å². The molecular formula is C15H21N3O. The van der Waals surface area contributed by atoms with Gasteiger partial charge < -0.3 is 15.0 Å². The normalized spacial score (nSPS) is 21.1. The van der Waals surface area contributed by atoms with E-state index in [0.29, 0.717) is 6.10 Å². The molecule has 0 saturated carbocycles. The van der Waals surface area contributed by atoms with Gasteiger partial charge in [0.1, 0.15) is 5.82 Å². The molecule has 1 saturated heterocycles. The van der Waals surface area contributed by atoms with Crippen molar-refractivity contribution >= 4 is 11.0 Å². The van der Waals surface area contributed by atoms with Gasteiger partial charge in [0.25, 0.3) is 0 Å². The van der Waals surface area contributed by atoms with Gasteiger partial charge in [-0.2, -0.15) is 0 Å². The maximum atomic E-state index is 6.24. The summed E-state index contributed by atoms with van der Waals surface area (Å²) in [4.78, 5) is 4.67. The van der Waals surface area contributed by atoms with E-state index in [2.05, 4.69) is 22.7 Å². The van der Waals surface area contributed by atoms with Crippen molar-refractivity contribution in [3.8, 4) is 0 Å². The largest absolute Gasteiger partial charge is 0.378 e. The van der Waals surface area contributed by atoms with Crippen LogP contribution < -0.4 is 5.73 Å². The summed E-state index contributed by atoms with van der Waals surface area (Å²) >= 11 is 0. The monoisotopic (exact) mass is 259 g/mol. The van der Waals surface area contributed by atoms with E-state index >= 15 is 0 Å². The van der Waals surface area contributed by atoms with Gasteiger partial charge in [0.05, 0.1) is 17.1 Å². The number of fused-ring (bicyclic) bond motifs is 1. The second-order valence-corrected chi connectivity index (χ2v) is 5.41. The number of nitrogens with zero attached hydrogens (tertiary/aromatic N) is 2. The van der Waals surface area contributed by atoms with E-state index in [0.717, 1.165) is 37.2 Å². The Bertz CT molecular complexity index is 558. The topological polar surface area (TPSA) is 53.1 Å². The first-order chi connectivity index (χ1) is 9.24. The minimum Gasteiger partial charge on any atom is -0.378 e. The van der Waals surface area contributed by atoms with Crippen molar-refractivity contribution in [3.63, 3.8) is 0 Å².